The van der Waals surface area contributed by atoms with Crippen LogP contribution in [0.4, 0.5) is 0 Å². The first-order valence-electron chi connectivity index (χ1n) is 6.14. The zero-order valence-electron chi connectivity index (χ0n) is 11.6. The van der Waals surface area contributed by atoms with Gasteiger partial charge in [0.05, 0.1) is 17.0 Å². The van der Waals surface area contributed by atoms with Gasteiger partial charge in [-0.2, -0.15) is 0 Å². The molecule has 1 atom stereocenters. The molecule has 0 radical (unpaired) electrons. The molecule has 21 heavy (non-hydrogen) atoms. The molecule has 0 amide bonds. The van der Waals surface area contributed by atoms with Gasteiger partial charge in [-0.3, -0.25) is 0 Å². The van der Waals surface area contributed by atoms with Gasteiger partial charge >= 0.3 is 0 Å². The van der Waals surface area contributed by atoms with E-state index in [-0.39, 0.29) is 4.90 Å². The van der Waals surface area contributed by atoms with Crippen LogP contribution in [0.2, 0.25) is 5.02 Å². The number of hydrogen-bond acceptors (Lipinski definition) is 4. The van der Waals surface area contributed by atoms with E-state index in [4.69, 9.17) is 16.3 Å². The number of hydrogen-bond donors (Lipinski definition) is 1. The van der Waals surface area contributed by atoms with Crippen LogP contribution in [0.1, 0.15) is 17.2 Å². The molecule has 4 nitrogen and oxygen atoms in total. The molecule has 0 spiro atoms. The molecule has 0 aliphatic heterocycles. The molecular formula is C15H15ClO4S. The molecule has 0 bridgehead atoms. The third kappa shape index (κ3) is 3.56. The Morgan fingerprint density at radius 2 is 1.81 bits per heavy atom. The van der Waals surface area contributed by atoms with Crippen molar-refractivity contribution in [2.45, 2.75) is 11.0 Å². The first-order valence-corrected chi connectivity index (χ1v) is 8.41. The highest BCUT2D eigenvalue weighted by molar-refractivity contribution is 7.90. The van der Waals surface area contributed by atoms with Crippen LogP contribution in [-0.4, -0.2) is 26.9 Å². The second-order valence-corrected chi connectivity index (χ2v) is 7.06. The van der Waals surface area contributed by atoms with E-state index in [9.17, 15) is 13.5 Å². The van der Waals surface area contributed by atoms with Crippen LogP contribution in [0, 0.1) is 0 Å². The standard InChI is InChI=1S/C15H15ClO4S/c1-20-14-7-6-11(9-13(14)16)15(17)10-4-3-5-12(8-10)21(2,18)19/h3-9,15,17H,1-2H3. The van der Waals surface area contributed by atoms with Crippen LogP contribution >= 0.6 is 11.6 Å². The maximum atomic E-state index is 11.6. The highest BCUT2D eigenvalue weighted by Crippen LogP contribution is 2.30. The molecule has 0 aliphatic rings. The fourth-order valence-corrected chi connectivity index (χ4v) is 2.90. The quantitative estimate of drug-likeness (QED) is 0.938. The summed E-state index contributed by atoms with van der Waals surface area (Å²) >= 11 is 6.03. The first-order chi connectivity index (χ1) is 9.82. The van der Waals surface area contributed by atoms with Crippen LogP contribution in [0.25, 0.3) is 0 Å². The predicted octanol–water partition coefficient (Wildman–Crippen LogP) is 2.83. The summed E-state index contributed by atoms with van der Waals surface area (Å²) in [6, 6.07) is 11.1. The van der Waals surface area contributed by atoms with Gasteiger partial charge in [-0.15, -0.1) is 0 Å². The van der Waals surface area contributed by atoms with E-state index in [1.807, 2.05) is 0 Å². The Labute approximate surface area is 128 Å². The van der Waals surface area contributed by atoms with E-state index >= 15 is 0 Å². The van der Waals surface area contributed by atoms with Gasteiger partial charge in [-0.25, -0.2) is 8.42 Å². The molecule has 1 N–H and O–H groups in total. The van der Waals surface area contributed by atoms with Gasteiger partial charge in [0, 0.05) is 6.26 Å². The zero-order valence-corrected chi connectivity index (χ0v) is 13.1. The first kappa shape index (κ1) is 15.8. The van der Waals surface area contributed by atoms with Crippen LogP contribution in [0.15, 0.2) is 47.4 Å². The Hall–Kier alpha value is -1.56. The molecule has 112 valence electrons. The highest BCUT2D eigenvalue weighted by Gasteiger charge is 2.15. The van der Waals surface area contributed by atoms with Gasteiger partial charge in [0.2, 0.25) is 0 Å². The average molecular weight is 327 g/mol. The number of sulfone groups is 1. The second kappa shape index (κ2) is 6.05. The molecule has 1 unspecified atom stereocenters. The van der Waals surface area contributed by atoms with Crippen LogP contribution < -0.4 is 4.74 Å². The minimum atomic E-state index is -3.32. The molecule has 2 aromatic rings. The molecule has 2 aromatic carbocycles. The number of aliphatic hydroxyl groups excluding tert-OH is 1. The molecule has 0 fully saturated rings. The largest absolute Gasteiger partial charge is 0.495 e. The van der Waals surface area contributed by atoms with E-state index in [1.165, 1.54) is 19.2 Å². The fourth-order valence-electron chi connectivity index (χ4n) is 1.96. The maximum Gasteiger partial charge on any atom is 0.175 e. The van der Waals surface area contributed by atoms with Crippen molar-refractivity contribution in [3.63, 3.8) is 0 Å². The van der Waals surface area contributed by atoms with E-state index in [1.54, 1.807) is 30.3 Å². The molecule has 2 rings (SSSR count). The third-order valence-electron chi connectivity index (χ3n) is 3.09. The van der Waals surface area contributed by atoms with Crippen molar-refractivity contribution in [2.24, 2.45) is 0 Å². The average Bonchev–Trinajstić information content (AvgIpc) is 2.45. The summed E-state index contributed by atoms with van der Waals surface area (Å²) in [5.41, 5.74) is 1.05. The Balaban J connectivity index is 2.40. The van der Waals surface area contributed by atoms with Crippen molar-refractivity contribution in [1.82, 2.24) is 0 Å². The van der Waals surface area contributed by atoms with Gasteiger partial charge in [-0.05, 0) is 35.4 Å². The lowest BCUT2D eigenvalue weighted by molar-refractivity contribution is 0.220. The normalized spacial score (nSPS) is 13.0. The van der Waals surface area contributed by atoms with Crippen molar-refractivity contribution in [3.05, 3.63) is 58.6 Å². The lowest BCUT2D eigenvalue weighted by Crippen LogP contribution is -2.03. The number of aliphatic hydroxyl groups is 1. The lowest BCUT2D eigenvalue weighted by atomic mass is 10.0. The molecule has 0 aromatic heterocycles. The van der Waals surface area contributed by atoms with Gasteiger partial charge in [0.1, 0.15) is 11.9 Å². The van der Waals surface area contributed by atoms with Crippen molar-refractivity contribution in [2.75, 3.05) is 13.4 Å². The summed E-state index contributed by atoms with van der Waals surface area (Å²) < 4.78 is 28.2. The summed E-state index contributed by atoms with van der Waals surface area (Å²) in [5, 5.41) is 10.8. The Morgan fingerprint density at radius 3 is 2.38 bits per heavy atom. The summed E-state index contributed by atoms with van der Waals surface area (Å²) in [4.78, 5) is 0.165. The Morgan fingerprint density at radius 1 is 1.14 bits per heavy atom. The number of benzene rings is 2. The van der Waals surface area contributed by atoms with E-state index < -0.39 is 15.9 Å². The van der Waals surface area contributed by atoms with Gasteiger partial charge in [0.15, 0.2) is 9.84 Å². The van der Waals surface area contributed by atoms with Crippen molar-refractivity contribution < 1.29 is 18.3 Å². The van der Waals surface area contributed by atoms with Crippen LogP contribution in [0.3, 0.4) is 0 Å². The van der Waals surface area contributed by atoms with Crippen molar-refractivity contribution >= 4 is 21.4 Å². The van der Waals surface area contributed by atoms with Gasteiger partial charge in [-0.1, -0.05) is 29.8 Å². The Bertz CT molecular complexity index is 756. The third-order valence-corrected chi connectivity index (χ3v) is 4.50. The minimum Gasteiger partial charge on any atom is -0.495 e. The Kier molecular flexibility index (Phi) is 4.56. The van der Waals surface area contributed by atoms with E-state index in [0.717, 1.165) is 6.26 Å². The van der Waals surface area contributed by atoms with Crippen molar-refractivity contribution in [3.8, 4) is 5.75 Å². The number of rotatable bonds is 4. The van der Waals surface area contributed by atoms with E-state index in [0.29, 0.717) is 21.9 Å². The summed E-state index contributed by atoms with van der Waals surface area (Å²) in [6.45, 7) is 0. The summed E-state index contributed by atoms with van der Waals surface area (Å²) in [6.07, 6.45) is 0.165. The molecule has 0 saturated carbocycles. The predicted molar refractivity (Wildman–Crippen MR) is 81.6 cm³/mol. The molecule has 0 heterocycles. The number of halogens is 1. The lowest BCUT2D eigenvalue weighted by Gasteiger charge is -2.14. The second-order valence-electron chi connectivity index (χ2n) is 4.64. The molecule has 6 heteroatoms. The fraction of sp³-hybridized carbons (Fsp3) is 0.200. The molecular weight excluding hydrogens is 312 g/mol. The minimum absolute atomic E-state index is 0.165. The van der Waals surface area contributed by atoms with Crippen LogP contribution in [-0.2, 0) is 9.84 Å². The monoisotopic (exact) mass is 326 g/mol. The van der Waals surface area contributed by atoms with Crippen molar-refractivity contribution in [1.29, 1.82) is 0 Å². The number of ether oxygens (including phenoxy) is 1. The molecule has 0 saturated heterocycles. The van der Waals surface area contributed by atoms with E-state index in [2.05, 4.69) is 0 Å². The van der Waals surface area contributed by atoms with Gasteiger partial charge in [0.25, 0.3) is 0 Å². The zero-order chi connectivity index (χ0) is 15.6. The van der Waals surface area contributed by atoms with Gasteiger partial charge < -0.3 is 9.84 Å². The molecule has 0 aliphatic carbocycles. The summed E-state index contributed by atoms with van der Waals surface area (Å²) in [7, 11) is -1.81. The topological polar surface area (TPSA) is 63.6 Å². The number of methoxy groups -OCH3 is 1. The SMILES string of the molecule is COc1ccc(C(O)c2cccc(S(C)(=O)=O)c2)cc1Cl. The highest BCUT2D eigenvalue weighted by atomic mass is 35.5. The summed E-state index contributed by atoms with van der Waals surface area (Å²) in [5.74, 6) is 0.512. The smallest absolute Gasteiger partial charge is 0.175 e. The maximum absolute atomic E-state index is 11.6. The van der Waals surface area contributed by atoms with Crippen LogP contribution in [0.5, 0.6) is 5.75 Å².